The Kier molecular flexibility index (Phi) is 5.91. The lowest BCUT2D eigenvalue weighted by Gasteiger charge is -2.19. The summed E-state index contributed by atoms with van der Waals surface area (Å²) in [5.74, 6) is -1.27. The molecule has 1 aromatic carbocycles. The van der Waals surface area contributed by atoms with Crippen molar-refractivity contribution in [3.05, 3.63) is 23.8 Å². The van der Waals surface area contributed by atoms with Gasteiger partial charge in [0.25, 0.3) is 0 Å². The van der Waals surface area contributed by atoms with E-state index in [1.54, 1.807) is 39.8 Å². The lowest BCUT2D eigenvalue weighted by molar-refractivity contribution is -0.140. The number of nitrogens with one attached hydrogen (secondary N) is 2. The van der Waals surface area contributed by atoms with E-state index in [2.05, 4.69) is 15.8 Å². The fraction of sp³-hybridized carbons (Fsp3) is 0.400. The Hall–Kier alpha value is -2.57. The fourth-order valence-electron chi connectivity index (χ4n) is 1.50. The van der Waals surface area contributed by atoms with Gasteiger partial charge in [0.1, 0.15) is 0 Å². The SMILES string of the molecule is CCOc1cc(/C=N\NC(=O)C(=O)NC(C)(C)C)ccc1O. The van der Waals surface area contributed by atoms with Crippen LogP contribution in [-0.2, 0) is 9.59 Å². The number of hydrogen-bond donors (Lipinski definition) is 3. The molecule has 120 valence electrons. The molecule has 0 unspecified atom stereocenters. The molecule has 22 heavy (non-hydrogen) atoms. The van der Waals surface area contributed by atoms with E-state index in [0.717, 1.165) is 0 Å². The van der Waals surface area contributed by atoms with Gasteiger partial charge in [-0.15, -0.1) is 0 Å². The first-order chi connectivity index (χ1) is 10.2. The fourth-order valence-corrected chi connectivity index (χ4v) is 1.50. The minimum Gasteiger partial charge on any atom is -0.504 e. The third-order valence-corrected chi connectivity index (χ3v) is 2.36. The normalized spacial score (nSPS) is 11.3. The number of carbonyl (C=O) groups is 2. The van der Waals surface area contributed by atoms with Crippen LogP contribution < -0.4 is 15.5 Å². The number of rotatable bonds is 4. The molecule has 0 saturated heterocycles. The Morgan fingerprint density at radius 2 is 2.00 bits per heavy atom. The zero-order chi connectivity index (χ0) is 16.8. The molecule has 3 N–H and O–H groups in total. The van der Waals surface area contributed by atoms with Gasteiger partial charge >= 0.3 is 11.8 Å². The Balaban J connectivity index is 2.64. The van der Waals surface area contributed by atoms with Crippen LogP contribution in [0, 0.1) is 0 Å². The highest BCUT2D eigenvalue weighted by atomic mass is 16.5. The van der Waals surface area contributed by atoms with Crippen molar-refractivity contribution in [2.75, 3.05) is 6.61 Å². The maximum atomic E-state index is 11.5. The average Bonchev–Trinajstić information content (AvgIpc) is 2.40. The number of aromatic hydroxyl groups is 1. The first kappa shape index (κ1) is 17.5. The molecule has 1 aromatic rings. The van der Waals surface area contributed by atoms with E-state index in [1.165, 1.54) is 12.3 Å². The lowest BCUT2D eigenvalue weighted by atomic mass is 10.1. The van der Waals surface area contributed by atoms with Gasteiger partial charge in [-0.05, 0) is 51.5 Å². The molecule has 2 amide bonds. The van der Waals surface area contributed by atoms with Crippen LogP contribution in [0.1, 0.15) is 33.3 Å². The van der Waals surface area contributed by atoms with Gasteiger partial charge < -0.3 is 15.2 Å². The van der Waals surface area contributed by atoms with E-state index in [1.807, 2.05) is 0 Å². The largest absolute Gasteiger partial charge is 0.504 e. The average molecular weight is 307 g/mol. The molecular weight excluding hydrogens is 286 g/mol. The summed E-state index contributed by atoms with van der Waals surface area (Å²) in [6.07, 6.45) is 1.35. The number of nitrogens with zero attached hydrogens (tertiary/aromatic N) is 1. The first-order valence-corrected chi connectivity index (χ1v) is 6.84. The van der Waals surface area contributed by atoms with E-state index >= 15 is 0 Å². The summed E-state index contributed by atoms with van der Waals surface area (Å²) in [5, 5.41) is 15.8. The molecule has 0 saturated carbocycles. The third-order valence-electron chi connectivity index (χ3n) is 2.36. The molecule has 0 aliphatic heterocycles. The van der Waals surface area contributed by atoms with Crippen molar-refractivity contribution >= 4 is 18.0 Å². The quantitative estimate of drug-likeness (QED) is 0.441. The predicted molar refractivity (Wildman–Crippen MR) is 82.9 cm³/mol. The van der Waals surface area contributed by atoms with Gasteiger partial charge in [-0.1, -0.05) is 0 Å². The molecule has 0 radical (unpaired) electrons. The summed E-state index contributed by atoms with van der Waals surface area (Å²) in [7, 11) is 0. The van der Waals surface area contributed by atoms with Crippen molar-refractivity contribution in [2.24, 2.45) is 5.10 Å². The van der Waals surface area contributed by atoms with E-state index < -0.39 is 17.4 Å². The summed E-state index contributed by atoms with van der Waals surface area (Å²) < 4.78 is 5.23. The predicted octanol–water partition coefficient (Wildman–Crippen LogP) is 1.16. The van der Waals surface area contributed by atoms with Crippen LogP contribution >= 0.6 is 0 Å². The Labute approximate surface area is 129 Å². The molecule has 0 aromatic heterocycles. The molecule has 0 heterocycles. The van der Waals surface area contributed by atoms with Crippen LogP contribution in [0.15, 0.2) is 23.3 Å². The molecule has 0 aliphatic rings. The summed E-state index contributed by atoms with van der Waals surface area (Å²) in [6.45, 7) is 7.53. The van der Waals surface area contributed by atoms with Gasteiger partial charge in [0.15, 0.2) is 11.5 Å². The van der Waals surface area contributed by atoms with Crippen molar-refractivity contribution in [3.63, 3.8) is 0 Å². The number of ether oxygens (including phenoxy) is 1. The highest BCUT2D eigenvalue weighted by Gasteiger charge is 2.19. The number of benzene rings is 1. The molecule has 7 nitrogen and oxygen atoms in total. The van der Waals surface area contributed by atoms with E-state index in [4.69, 9.17) is 4.74 Å². The third kappa shape index (κ3) is 5.82. The second-order valence-corrected chi connectivity index (χ2v) is 5.56. The number of hydrazone groups is 1. The second-order valence-electron chi connectivity index (χ2n) is 5.56. The molecule has 1 rings (SSSR count). The molecule has 0 aliphatic carbocycles. The van der Waals surface area contributed by atoms with Gasteiger partial charge in [0.2, 0.25) is 0 Å². The molecule has 7 heteroatoms. The van der Waals surface area contributed by atoms with Crippen molar-refractivity contribution in [1.29, 1.82) is 0 Å². The minimum atomic E-state index is -0.852. The standard InChI is InChI=1S/C15H21N3O4/c1-5-22-12-8-10(6-7-11(12)19)9-16-18-14(21)13(20)17-15(2,3)4/h6-9,19H,5H2,1-4H3,(H,17,20)(H,18,21)/b16-9-. The van der Waals surface area contributed by atoms with Crippen molar-refractivity contribution in [1.82, 2.24) is 10.7 Å². The summed E-state index contributed by atoms with van der Waals surface area (Å²) >= 11 is 0. The zero-order valence-corrected chi connectivity index (χ0v) is 13.1. The Bertz CT molecular complexity index is 577. The number of hydrogen-bond acceptors (Lipinski definition) is 5. The van der Waals surface area contributed by atoms with Gasteiger partial charge in [-0.25, -0.2) is 5.43 Å². The second kappa shape index (κ2) is 7.44. The minimum absolute atomic E-state index is 0.0209. The van der Waals surface area contributed by atoms with Crippen molar-refractivity contribution in [3.8, 4) is 11.5 Å². The first-order valence-electron chi connectivity index (χ1n) is 6.84. The maximum Gasteiger partial charge on any atom is 0.329 e. The highest BCUT2D eigenvalue weighted by molar-refractivity contribution is 6.35. The van der Waals surface area contributed by atoms with Crippen LogP contribution in [0.3, 0.4) is 0 Å². The van der Waals surface area contributed by atoms with Gasteiger partial charge in [0, 0.05) is 5.54 Å². The number of phenols is 1. The van der Waals surface area contributed by atoms with Crippen LogP contribution in [0.5, 0.6) is 11.5 Å². The molecule has 0 bridgehead atoms. The van der Waals surface area contributed by atoms with Gasteiger partial charge in [-0.3, -0.25) is 9.59 Å². The van der Waals surface area contributed by atoms with Crippen molar-refractivity contribution < 1.29 is 19.4 Å². The van der Waals surface area contributed by atoms with E-state index in [9.17, 15) is 14.7 Å². The smallest absolute Gasteiger partial charge is 0.329 e. The molecule has 0 fully saturated rings. The molecule has 0 spiro atoms. The molecule has 0 atom stereocenters. The van der Waals surface area contributed by atoms with E-state index in [0.29, 0.717) is 17.9 Å². The Morgan fingerprint density at radius 1 is 1.32 bits per heavy atom. The number of carbonyl (C=O) groups excluding carboxylic acids is 2. The number of amides is 2. The lowest BCUT2D eigenvalue weighted by Crippen LogP contribution is -2.47. The van der Waals surface area contributed by atoms with Crippen LogP contribution in [0.25, 0.3) is 0 Å². The monoisotopic (exact) mass is 307 g/mol. The van der Waals surface area contributed by atoms with Gasteiger partial charge in [0.05, 0.1) is 12.8 Å². The van der Waals surface area contributed by atoms with Crippen LogP contribution in [0.4, 0.5) is 0 Å². The number of phenolic OH excluding ortho intramolecular Hbond substituents is 1. The van der Waals surface area contributed by atoms with E-state index in [-0.39, 0.29) is 5.75 Å². The summed E-state index contributed by atoms with van der Waals surface area (Å²) in [6, 6.07) is 4.63. The van der Waals surface area contributed by atoms with Crippen molar-refractivity contribution in [2.45, 2.75) is 33.2 Å². The zero-order valence-electron chi connectivity index (χ0n) is 13.1. The molecular formula is C15H21N3O4. The van der Waals surface area contributed by atoms with Crippen LogP contribution in [-0.4, -0.2) is 35.3 Å². The topological polar surface area (TPSA) is 100 Å². The van der Waals surface area contributed by atoms with Crippen LogP contribution in [0.2, 0.25) is 0 Å². The highest BCUT2D eigenvalue weighted by Crippen LogP contribution is 2.26. The van der Waals surface area contributed by atoms with Gasteiger partial charge in [-0.2, -0.15) is 5.10 Å². The summed E-state index contributed by atoms with van der Waals surface area (Å²) in [5.41, 5.74) is 2.25. The Morgan fingerprint density at radius 3 is 2.59 bits per heavy atom. The summed E-state index contributed by atoms with van der Waals surface area (Å²) in [4.78, 5) is 23.1. The maximum absolute atomic E-state index is 11.5.